The molecule has 2 N–H and O–H groups in total. The first-order valence-electron chi connectivity index (χ1n) is 5.99. The summed E-state index contributed by atoms with van der Waals surface area (Å²) >= 11 is 0. The molecule has 0 aromatic heterocycles. The highest BCUT2D eigenvalue weighted by molar-refractivity contribution is 7.89. The monoisotopic (exact) mass is 263 g/mol. The summed E-state index contributed by atoms with van der Waals surface area (Å²) < 4.78 is 24.5. The number of rotatable bonds is 4. The van der Waals surface area contributed by atoms with Crippen molar-refractivity contribution in [1.82, 2.24) is 14.9 Å². The Labute approximate surface area is 103 Å². The molecule has 1 rings (SSSR count). The minimum absolute atomic E-state index is 0.0803. The maximum atomic E-state index is 11.7. The number of carbonyl (C=O) groups is 1. The molecule has 1 heterocycles. The second kappa shape index (κ2) is 6.80. The Morgan fingerprint density at radius 2 is 1.76 bits per heavy atom. The van der Waals surface area contributed by atoms with E-state index < -0.39 is 10.0 Å². The third kappa shape index (κ3) is 5.36. The summed E-state index contributed by atoms with van der Waals surface area (Å²) in [7, 11) is -1.87. The van der Waals surface area contributed by atoms with Crippen LogP contribution >= 0.6 is 0 Å². The quantitative estimate of drug-likeness (QED) is 0.756. The van der Waals surface area contributed by atoms with E-state index in [9.17, 15) is 13.2 Å². The van der Waals surface area contributed by atoms with Crippen molar-refractivity contribution in [2.24, 2.45) is 0 Å². The van der Waals surface area contributed by atoms with Gasteiger partial charge in [-0.15, -0.1) is 0 Å². The number of hydrogen-bond acceptors (Lipinski definition) is 3. The fourth-order valence-electron chi connectivity index (χ4n) is 1.78. The first-order chi connectivity index (χ1) is 8.05. The first kappa shape index (κ1) is 14.2. The highest BCUT2D eigenvalue weighted by Crippen LogP contribution is 2.09. The van der Waals surface area contributed by atoms with Gasteiger partial charge in [0.1, 0.15) is 0 Å². The summed E-state index contributed by atoms with van der Waals surface area (Å²) in [6.07, 6.45) is 4.39. The number of amides is 2. The van der Waals surface area contributed by atoms with E-state index in [0.717, 1.165) is 38.8 Å². The van der Waals surface area contributed by atoms with E-state index in [0.29, 0.717) is 0 Å². The SMILES string of the molecule is CNS(=O)(=O)CCNC(=O)N1CCCCCC1. The highest BCUT2D eigenvalue weighted by Gasteiger charge is 2.15. The molecule has 0 unspecified atom stereocenters. The van der Waals surface area contributed by atoms with Gasteiger partial charge in [-0.1, -0.05) is 12.8 Å². The van der Waals surface area contributed by atoms with Crippen LogP contribution in [0.25, 0.3) is 0 Å². The van der Waals surface area contributed by atoms with Crippen molar-refractivity contribution in [3.8, 4) is 0 Å². The minimum atomic E-state index is -3.24. The second-order valence-electron chi connectivity index (χ2n) is 4.16. The molecule has 1 saturated heterocycles. The van der Waals surface area contributed by atoms with E-state index in [1.807, 2.05) is 0 Å². The van der Waals surface area contributed by atoms with Crippen LogP contribution in [0.2, 0.25) is 0 Å². The molecule has 0 atom stereocenters. The van der Waals surface area contributed by atoms with Crippen molar-refractivity contribution in [3.63, 3.8) is 0 Å². The van der Waals surface area contributed by atoms with Gasteiger partial charge in [0.2, 0.25) is 10.0 Å². The number of hydrogen-bond donors (Lipinski definition) is 2. The molecule has 1 fully saturated rings. The zero-order valence-corrected chi connectivity index (χ0v) is 11.1. The topological polar surface area (TPSA) is 78.5 Å². The van der Waals surface area contributed by atoms with Gasteiger partial charge in [-0.3, -0.25) is 0 Å². The molecular formula is C10H21N3O3S. The Hall–Kier alpha value is -0.820. The molecule has 0 saturated carbocycles. The third-order valence-electron chi connectivity index (χ3n) is 2.85. The fraction of sp³-hybridized carbons (Fsp3) is 0.900. The molecule has 0 radical (unpaired) electrons. The van der Waals surface area contributed by atoms with Gasteiger partial charge in [0, 0.05) is 19.6 Å². The molecule has 0 aliphatic carbocycles. The number of nitrogens with one attached hydrogen (secondary N) is 2. The minimum Gasteiger partial charge on any atom is -0.337 e. The highest BCUT2D eigenvalue weighted by atomic mass is 32.2. The van der Waals surface area contributed by atoms with Crippen molar-refractivity contribution in [3.05, 3.63) is 0 Å². The van der Waals surface area contributed by atoms with Crippen molar-refractivity contribution in [1.29, 1.82) is 0 Å². The Morgan fingerprint density at radius 1 is 1.18 bits per heavy atom. The summed E-state index contributed by atoms with van der Waals surface area (Å²) in [5.41, 5.74) is 0. The van der Waals surface area contributed by atoms with E-state index in [2.05, 4.69) is 10.0 Å². The van der Waals surface area contributed by atoms with Gasteiger partial charge in [0.15, 0.2) is 0 Å². The standard InChI is InChI=1S/C10H21N3O3S/c1-11-17(15,16)9-6-12-10(14)13-7-4-2-3-5-8-13/h11H,2-9H2,1H3,(H,12,14). The van der Waals surface area contributed by atoms with Crippen LogP contribution < -0.4 is 10.0 Å². The van der Waals surface area contributed by atoms with E-state index in [1.165, 1.54) is 7.05 Å². The predicted octanol–water partition coefficient (Wildman–Crippen LogP) is 0.121. The maximum Gasteiger partial charge on any atom is 0.317 e. The predicted molar refractivity (Wildman–Crippen MR) is 66.3 cm³/mol. The van der Waals surface area contributed by atoms with Crippen LogP contribution in [-0.2, 0) is 10.0 Å². The third-order valence-corrected chi connectivity index (χ3v) is 4.21. The van der Waals surface area contributed by atoms with E-state index in [-0.39, 0.29) is 18.3 Å². The molecular weight excluding hydrogens is 242 g/mol. The summed E-state index contributed by atoms with van der Waals surface area (Å²) in [6.45, 7) is 1.69. The van der Waals surface area contributed by atoms with Crippen LogP contribution in [0.15, 0.2) is 0 Å². The molecule has 0 aromatic rings. The smallest absolute Gasteiger partial charge is 0.317 e. The molecule has 6 nitrogen and oxygen atoms in total. The number of sulfonamides is 1. The van der Waals surface area contributed by atoms with Gasteiger partial charge in [-0.2, -0.15) is 0 Å². The van der Waals surface area contributed by atoms with Gasteiger partial charge in [0.25, 0.3) is 0 Å². The van der Waals surface area contributed by atoms with E-state index in [4.69, 9.17) is 0 Å². The van der Waals surface area contributed by atoms with Crippen molar-refractivity contribution >= 4 is 16.1 Å². The lowest BCUT2D eigenvalue weighted by molar-refractivity contribution is 0.200. The molecule has 2 amide bonds. The number of nitrogens with zero attached hydrogens (tertiary/aromatic N) is 1. The van der Waals surface area contributed by atoms with Crippen LogP contribution in [0.1, 0.15) is 25.7 Å². The lowest BCUT2D eigenvalue weighted by atomic mass is 10.2. The van der Waals surface area contributed by atoms with Crippen molar-refractivity contribution < 1.29 is 13.2 Å². The Balaban J connectivity index is 2.29. The second-order valence-corrected chi connectivity index (χ2v) is 6.20. The molecule has 0 aromatic carbocycles. The summed E-state index contributed by atoms with van der Waals surface area (Å²) in [5, 5.41) is 2.64. The van der Waals surface area contributed by atoms with E-state index >= 15 is 0 Å². The number of carbonyl (C=O) groups excluding carboxylic acids is 1. The summed E-state index contributed by atoms with van der Waals surface area (Å²) in [6, 6.07) is -0.154. The molecule has 100 valence electrons. The lowest BCUT2D eigenvalue weighted by Crippen LogP contribution is -2.42. The molecule has 0 bridgehead atoms. The van der Waals surface area contributed by atoms with Crippen LogP contribution in [0, 0.1) is 0 Å². The van der Waals surface area contributed by atoms with Crippen molar-refractivity contribution in [2.75, 3.05) is 32.4 Å². The first-order valence-corrected chi connectivity index (χ1v) is 7.64. The van der Waals surface area contributed by atoms with Crippen LogP contribution in [-0.4, -0.2) is 51.8 Å². The van der Waals surface area contributed by atoms with Gasteiger partial charge in [0.05, 0.1) is 5.75 Å². The van der Waals surface area contributed by atoms with Gasteiger partial charge >= 0.3 is 6.03 Å². The summed E-state index contributed by atoms with van der Waals surface area (Å²) in [4.78, 5) is 13.5. The Bertz CT molecular complexity index is 335. The van der Waals surface area contributed by atoms with Crippen LogP contribution in [0.3, 0.4) is 0 Å². The zero-order valence-electron chi connectivity index (χ0n) is 10.2. The van der Waals surface area contributed by atoms with Crippen LogP contribution in [0.4, 0.5) is 4.79 Å². The average molecular weight is 263 g/mol. The fourth-order valence-corrected chi connectivity index (χ4v) is 2.35. The molecule has 17 heavy (non-hydrogen) atoms. The molecule has 1 aliphatic heterocycles. The Kier molecular flexibility index (Phi) is 5.70. The van der Waals surface area contributed by atoms with Crippen LogP contribution in [0.5, 0.6) is 0 Å². The average Bonchev–Trinajstić information content (AvgIpc) is 2.57. The van der Waals surface area contributed by atoms with E-state index in [1.54, 1.807) is 4.90 Å². The number of likely N-dealkylation sites (tertiary alicyclic amines) is 1. The lowest BCUT2D eigenvalue weighted by Gasteiger charge is -2.20. The molecule has 7 heteroatoms. The normalized spacial score (nSPS) is 17.6. The zero-order chi connectivity index (χ0) is 12.7. The summed E-state index contributed by atoms with van der Waals surface area (Å²) in [5.74, 6) is -0.0803. The largest absolute Gasteiger partial charge is 0.337 e. The van der Waals surface area contributed by atoms with Gasteiger partial charge < -0.3 is 10.2 Å². The Morgan fingerprint density at radius 3 is 2.29 bits per heavy atom. The molecule has 0 spiro atoms. The van der Waals surface area contributed by atoms with Crippen molar-refractivity contribution in [2.45, 2.75) is 25.7 Å². The maximum absolute atomic E-state index is 11.7. The van der Waals surface area contributed by atoms with Gasteiger partial charge in [-0.25, -0.2) is 17.9 Å². The molecule has 1 aliphatic rings. The number of urea groups is 1. The van der Waals surface area contributed by atoms with Gasteiger partial charge in [-0.05, 0) is 19.9 Å².